The first kappa shape index (κ1) is 8.54. The Morgan fingerprint density at radius 2 is 2.15 bits per heavy atom. The lowest BCUT2D eigenvalue weighted by Crippen LogP contribution is -2.20. The molecule has 70 valence electrons. The van der Waals surface area contributed by atoms with E-state index in [0.717, 1.165) is 0 Å². The number of hydrogen-bond acceptors (Lipinski definition) is 1. The molecule has 0 radical (unpaired) electrons. The van der Waals surface area contributed by atoms with Gasteiger partial charge in [-0.05, 0) is 44.2 Å². The summed E-state index contributed by atoms with van der Waals surface area (Å²) in [5.41, 5.74) is 1.36. The molecule has 1 heterocycles. The Kier molecular flexibility index (Phi) is 1.98. The van der Waals surface area contributed by atoms with Gasteiger partial charge in [0, 0.05) is 18.3 Å². The van der Waals surface area contributed by atoms with E-state index in [1.54, 1.807) is 10.6 Å². The summed E-state index contributed by atoms with van der Waals surface area (Å²) in [5, 5.41) is 0. The van der Waals surface area contributed by atoms with Crippen molar-refractivity contribution in [3.05, 3.63) is 34.2 Å². The minimum atomic E-state index is 0.138. The summed E-state index contributed by atoms with van der Waals surface area (Å²) in [4.78, 5) is 11.6. The van der Waals surface area contributed by atoms with Crippen LogP contribution in [-0.2, 0) is 0 Å². The average molecular weight is 177 g/mol. The van der Waals surface area contributed by atoms with Crippen molar-refractivity contribution in [3.63, 3.8) is 0 Å². The predicted molar refractivity (Wildman–Crippen MR) is 53.1 cm³/mol. The first-order valence-electron chi connectivity index (χ1n) is 4.90. The van der Waals surface area contributed by atoms with Gasteiger partial charge in [0.1, 0.15) is 0 Å². The highest BCUT2D eigenvalue weighted by Crippen LogP contribution is 2.39. The van der Waals surface area contributed by atoms with Crippen LogP contribution in [0.15, 0.2) is 23.1 Å². The van der Waals surface area contributed by atoms with Gasteiger partial charge in [-0.2, -0.15) is 0 Å². The Balaban J connectivity index is 2.37. The number of rotatable bonds is 2. The smallest absolute Gasteiger partial charge is 0.251 e. The van der Waals surface area contributed by atoms with E-state index in [4.69, 9.17) is 0 Å². The van der Waals surface area contributed by atoms with Crippen molar-refractivity contribution >= 4 is 0 Å². The van der Waals surface area contributed by atoms with Gasteiger partial charge in [0.15, 0.2) is 0 Å². The molecular formula is C11H15NO. The van der Waals surface area contributed by atoms with Crippen LogP contribution < -0.4 is 5.56 Å². The minimum Gasteiger partial charge on any atom is -0.313 e. The summed E-state index contributed by atoms with van der Waals surface area (Å²) in [6.45, 7) is 4.05. The molecule has 0 amide bonds. The second kappa shape index (κ2) is 3.02. The lowest BCUT2D eigenvalue weighted by atomic mass is 10.2. The van der Waals surface area contributed by atoms with E-state index in [1.807, 2.05) is 20.0 Å². The number of hydrogen-bond donors (Lipinski definition) is 0. The molecule has 0 N–H and O–H groups in total. The van der Waals surface area contributed by atoms with E-state index in [-0.39, 0.29) is 11.6 Å². The molecule has 1 aromatic heterocycles. The number of pyridine rings is 1. The molecule has 2 rings (SSSR count). The van der Waals surface area contributed by atoms with E-state index in [0.29, 0.717) is 5.92 Å². The maximum atomic E-state index is 11.6. The Labute approximate surface area is 78.2 Å². The molecule has 0 saturated heterocycles. The summed E-state index contributed by atoms with van der Waals surface area (Å²) >= 11 is 0. The lowest BCUT2D eigenvalue weighted by Gasteiger charge is -2.09. The zero-order chi connectivity index (χ0) is 9.42. The zero-order valence-corrected chi connectivity index (χ0v) is 8.16. The third-order valence-corrected chi connectivity index (χ3v) is 2.58. The highest BCUT2D eigenvalue weighted by molar-refractivity contribution is 5.21. The fourth-order valence-corrected chi connectivity index (χ4v) is 1.60. The first-order valence-corrected chi connectivity index (χ1v) is 4.90. The maximum Gasteiger partial charge on any atom is 0.251 e. The largest absolute Gasteiger partial charge is 0.313 e. The van der Waals surface area contributed by atoms with E-state index in [2.05, 4.69) is 6.07 Å². The molecule has 1 aromatic rings. The molecular weight excluding hydrogens is 162 g/mol. The van der Waals surface area contributed by atoms with Crippen LogP contribution in [0.1, 0.15) is 44.2 Å². The van der Waals surface area contributed by atoms with E-state index >= 15 is 0 Å². The standard InChI is InChI=1S/C11H15NO/c1-8(2)12-6-5-10(7-11(12)13)9-3-4-9/h5-9H,3-4H2,1-2H3. The summed E-state index contributed by atoms with van der Waals surface area (Å²) in [5.74, 6) is 0.675. The first-order chi connectivity index (χ1) is 6.18. The van der Waals surface area contributed by atoms with Crippen molar-refractivity contribution in [3.8, 4) is 0 Å². The third kappa shape index (κ3) is 1.67. The van der Waals surface area contributed by atoms with Crippen LogP contribution in [0.3, 0.4) is 0 Å². The van der Waals surface area contributed by atoms with Crippen LogP contribution in [0.5, 0.6) is 0 Å². The lowest BCUT2D eigenvalue weighted by molar-refractivity contribution is 0.577. The zero-order valence-electron chi connectivity index (χ0n) is 8.16. The second-order valence-corrected chi connectivity index (χ2v) is 4.07. The molecule has 0 unspecified atom stereocenters. The van der Waals surface area contributed by atoms with Crippen molar-refractivity contribution in [2.75, 3.05) is 0 Å². The quantitative estimate of drug-likeness (QED) is 0.679. The minimum absolute atomic E-state index is 0.138. The Morgan fingerprint density at radius 3 is 2.62 bits per heavy atom. The Bertz CT molecular complexity index is 361. The molecule has 1 aliphatic carbocycles. The normalized spacial score (nSPS) is 16.5. The van der Waals surface area contributed by atoms with Crippen LogP contribution in [0.4, 0.5) is 0 Å². The highest BCUT2D eigenvalue weighted by atomic mass is 16.1. The van der Waals surface area contributed by atoms with Gasteiger partial charge in [0.05, 0.1) is 0 Å². The fourth-order valence-electron chi connectivity index (χ4n) is 1.60. The summed E-state index contributed by atoms with van der Waals surface area (Å²) in [6.07, 6.45) is 4.43. The molecule has 0 bridgehead atoms. The van der Waals surface area contributed by atoms with Crippen molar-refractivity contribution in [1.82, 2.24) is 4.57 Å². The molecule has 0 atom stereocenters. The summed E-state index contributed by atoms with van der Waals surface area (Å²) < 4.78 is 1.77. The van der Waals surface area contributed by atoms with E-state index in [9.17, 15) is 4.79 Å². The van der Waals surface area contributed by atoms with Gasteiger partial charge in [0.2, 0.25) is 0 Å². The molecule has 1 aliphatic rings. The van der Waals surface area contributed by atoms with Gasteiger partial charge >= 0.3 is 0 Å². The maximum absolute atomic E-state index is 11.6. The summed E-state index contributed by atoms with van der Waals surface area (Å²) in [7, 11) is 0. The van der Waals surface area contributed by atoms with Crippen LogP contribution in [-0.4, -0.2) is 4.57 Å². The molecule has 0 spiro atoms. The molecule has 13 heavy (non-hydrogen) atoms. The van der Waals surface area contributed by atoms with Crippen LogP contribution in [0.2, 0.25) is 0 Å². The van der Waals surface area contributed by atoms with Crippen LogP contribution >= 0.6 is 0 Å². The Hall–Kier alpha value is -1.05. The van der Waals surface area contributed by atoms with Gasteiger partial charge in [-0.15, -0.1) is 0 Å². The van der Waals surface area contributed by atoms with Crippen LogP contribution in [0, 0.1) is 0 Å². The second-order valence-electron chi connectivity index (χ2n) is 4.07. The topological polar surface area (TPSA) is 22.0 Å². The van der Waals surface area contributed by atoms with Gasteiger partial charge < -0.3 is 4.57 Å². The van der Waals surface area contributed by atoms with Crippen LogP contribution in [0.25, 0.3) is 0 Å². The average Bonchev–Trinajstić information content (AvgIpc) is 2.85. The van der Waals surface area contributed by atoms with Gasteiger partial charge in [-0.25, -0.2) is 0 Å². The fraction of sp³-hybridized carbons (Fsp3) is 0.545. The monoisotopic (exact) mass is 177 g/mol. The third-order valence-electron chi connectivity index (χ3n) is 2.58. The van der Waals surface area contributed by atoms with Gasteiger partial charge in [-0.3, -0.25) is 4.79 Å². The van der Waals surface area contributed by atoms with Crippen molar-refractivity contribution < 1.29 is 0 Å². The highest BCUT2D eigenvalue weighted by Gasteiger charge is 2.23. The van der Waals surface area contributed by atoms with Gasteiger partial charge in [-0.1, -0.05) is 0 Å². The van der Waals surface area contributed by atoms with E-state index < -0.39 is 0 Å². The SMILES string of the molecule is CC(C)n1ccc(C2CC2)cc1=O. The molecule has 0 aliphatic heterocycles. The number of aromatic nitrogens is 1. The van der Waals surface area contributed by atoms with Gasteiger partial charge in [0.25, 0.3) is 5.56 Å². The summed E-state index contributed by atoms with van der Waals surface area (Å²) in [6, 6.07) is 4.14. The molecule has 1 fully saturated rings. The van der Waals surface area contributed by atoms with Crippen molar-refractivity contribution in [2.24, 2.45) is 0 Å². The Morgan fingerprint density at radius 1 is 1.46 bits per heavy atom. The van der Waals surface area contributed by atoms with Crippen molar-refractivity contribution in [1.29, 1.82) is 0 Å². The molecule has 2 nitrogen and oxygen atoms in total. The molecule has 0 aromatic carbocycles. The molecule has 2 heteroatoms. The predicted octanol–water partition coefficient (Wildman–Crippen LogP) is 2.31. The number of nitrogens with zero attached hydrogens (tertiary/aromatic N) is 1. The van der Waals surface area contributed by atoms with E-state index in [1.165, 1.54) is 18.4 Å². The molecule has 1 saturated carbocycles. The van der Waals surface area contributed by atoms with Crippen molar-refractivity contribution in [2.45, 2.75) is 38.6 Å².